The summed E-state index contributed by atoms with van der Waals surface area (Å²) in [6, 6.07) is 2.88. The van der Waals surface area contributed by atoms with Gasteiger partial charge in [0.15, 0.2) is 13.9 Å². The summed E-state index contributed by atoms with van der Waals surface area (Å²) >= 11 is 6.19. The smallest absolute Gasteiger partial charge is 0.412 e. The van der Waals surface area contributed by atoms with Crippen LogP contribution in [0.4, 0.5) is 13.2 Å². The Morgan fingerprint density at radius 2 is 1.91 bits per heavy atom. The lowest BCUT2D eigenvalue weighted by molar-refractivity contribution is -0.276. The molecule has 32 heavy (non-hydrogen) atoms. The fourth-order valence-corrected chi connectivity index (χ4v) is 6.11. The molecule has 3 rings (SSSR count). The molecule has 1 amide bonds. The van der Waals surface area contributed by atoms with Gasteiger partial charge in [0.1, 0.15) is 12.0 Å². The molecule has 0 saturated carbocycles. The van der Waals surface area contributed by atoms with Gasteiger partial charge in [-0.15, -0.1) is 0 Å². The molecule has 0 spiro atoms. The Labute approximate surface area is 192 Å². The van der Waals surface area contributed by atoms with Crippen LogP contribution in [0, 0.1) is 18.3 Å². The number of hydrogen-bond donors (Lipinski definition) is 1. The Bertz CT molecular complexity index is 986. The molecule has 2 aliphatic rings. The topological polar surface area (TPSA) is 73.6 Å². The Kier molecular flexibility index (Phi) is 6.04. The maximum Gasteiger partial charge on any atom is 0.420 e. The van der Waals surface area contributed by atoms with Gasteiger partial charge in [0.25, 0.3) is 0 Å². The maximum absolute atomic E-state index is 14.6. The van der Waals surface area contributed by atoms with Crippen molar-refractivity contribution in [3.8, 4) is 6.07 Å². The first-order chi connectivity index (χ1) is 14.5. The summed E-state index contributed by atoms with van der Waals surface area (Å²) in [5, 5.41) is 20.2. The molecule has 2 fully saturated rings. The van der Waals surface area contributed by atoms with Crippen LogP contribution in [0.25, 0.3) is 0 Å². The molecular weight excluding hydrogens is 461 g/mol. The van der Waals surface area contributed by atoms with Crippen molar-refractivity contribution in [1.29, 1.82) is 5.26 Å². The van der Waals surface area contributed by atoms with Crippen LogP contribution in [0.5, 0.6) is 0 Å². The van der Waals surface area contributed by atoms with Gasteiger partial charge in [-0.3, -0.25) is 4.79 Å². The van der Waals surface area contributed by atoms with E-state index in [1.807, 2.05) is 39.9 Å². The minimum absolute atomic E-state index is 0.0246. The van der Waals surface area contributed by atoms with E-state index in [1.54, 1.807) is 0 Å². The van der Waals surface area contributed by atoms with Gasteiger partial charge in [-0.05, 0) is 48.7 Å². The number of nitrogens with zero attached hydrogens (tertiary/aromatic N) is 2. The number of nitriles is 1. The third kappa shape index (κ3) is 3.56. The quantitative estimate of drug-likeness (QED) is 0.614. The number of alkyl halides is 3. The van der Waals surface area contributed by atoms with E-state index < -0.39 is 44.1 Å². The zero-order valence-electron chi connectivity index (χ0n) is 19.0. The fourth-order valence-electron chi connectivity index (χ4n) is 4.54. The molecule has 0 aliphatic carbocycles. The van der Waals surface area contributed by atoms with Crippen molar-refractivity contribution in [2.45, 2.75) is 82.1 Å². The van der Waals surface area contributed by atoms with Crippen LogP contribution in [0.3, 0.4) is 0 Å². The molecule has 1 aromatic carbocycles. The van der Waals surface area contributed by atoms with Gasteiger partial charge in [0.2, 0.25) is 5.91 Å². The Morgan fingerprint density at radius 1 is 1.31 bits per heavy atom. The lowest BCUT2D eigenvalue weighted by atomic mass is 9.76. The third-order valence-corrected chi connectivity index (χ3v) is 12.3. The van der Waals surface area contributed by atoms with E-state index in [2.05, 4.69) is 0 Å². The molecule has 176 valence electrons. The van der Waals surface area contributed by atoms with Gasteiger partial charge >= 0.3 is 6.18 Å². The number of fused-ring (bicyclic) bond motifs is 1. The highest BCUT2D eigenvalue weighted by atomic mass is 35.5. The van der Waals surface area contributed by atoms with Crippen molar-refractivity contribution in [1.82, 2.24) is 4.90 Å². The van der Waals surface area contributed by atoms with E-state index in [1.165, 1.54) is 19.1 Å². The number of halogens is 4. The van der Waals surface area contributed by atoms with Gasteiger partial charge in [-0.1, -0.05) is 38.4 Å². The number of hydrogen-bond acceptors (Lipinski definition) is 4. The SMILES string of the molecule is Cc1c(C2C(=O)N3CC[C@H](O[Si](C)(C)C(C)(C)C)[C@H]3[C@@]2(O)C(F)(F)F)ccc(C#N)c1Cl. The van der Waals surface area contributed by atoms with E-state index in [4.69, 9.17) is 16.0 Å². The number of aliphatic hydroxyl groups is 1. The van der Waals surface area contributed by atoms with Crippen molar-refractivity contribution >= 4 is 25.8 Å². The Hall–Kier alpha value is -1.60. The summed E-state index contributed by atoms with van der Waals surface area (Å²) in [5.74, 6) is -2.69. The van der Waals surface area contributed by atoms with Gasteiger partial charge < -0.3 is 14.4 Å². The molecule has 1 N–H and O–H groups in total. The van der Waals surface area contributed by atoms with Crippen LogP contribution in [0.2, 0.25) is 23.2 Å². The van der Waals surface area contributed by atoms with Crippen LogP contribution in [0.1, 0.15) is 49.8 Å². The minimum Gasteiger partial charge on any atom is -0.412 e. The molecule has 5 nitrogen and oxygen atoms in total. The van der Waals surface area contributed by atoms with E-state index in [9.17, 15) is 28.3 Å². The second-order valence-electron chi connectivity index (χ2n) is 10.2. The van der Waals surface area contributed by atoms with Crippen LogP contribution in [-0.4, -0.2) is 54.7 Å². The molecule has 4 atom stereocenters. The summed E-state index contributed by atoms with van der Waals surface area (Å²) in [5.41, 5.74) is -3.11. The van der Waals surface area contributed by atoms with Crippen LogP contribution >= 0.6 is 11.6 Å². The van der Waals surface area contributed by atoms with E-state index in [0.29, 0.717) is 0 Å². The lowest BCUT2D eigenvalue weighted by Gasteiger charge is -2.43. The van der Waals surface area contributed by atoms with Crippen LogP contribution < -0.4 is 0 Å². The molecule has 2 heterocycles. The Morgan fingerprint density at radius 3 is 2.41 bits per heavy atom. The second-order valence-corrected chi connectivity index (χ2v) is 15.3. The highest BCUT2D eigenvalue weighted by Gasteiger charge is 2.75. The van der Waals surface area contributed by atoms with Gasteiger partial charge in [0.05, 0.1) is 22.7 Å². The summed E-state index contributed by atoms with van der Waals surface area (Å²) in [7, 11) is -2.48. The third-order valence-electron chi connectivity index (χ3n) is 7.33. The minimum atomic E-state index is -5.10. The van der Waals surface area contributed by atoms with Gasteiger partial charge in [-0.25, -0.2) is 0 Å². The molecule has 2 saturated heterocycles. The summed E-state index contributed by atoms with van der Waals surface area (Å²) in [4.78, 5) is 14.4. The standard InChI is InChI=1S/C22H28ClF3N2O3Si/c1-12-14(8-7-13(11-27)17(12)23)16-19(29)28-10-9-15(31-32(5,6)20(2,3)4)18(28)21(16,30)22(24,25)26/h7-8,15-16,18,30H,9-10H2,1-6H3/t15-,16?,18-,21+/m0/s1. The monoisotopic (exact) mass is 488 g/mol. The first-order valence-electron chi connectivity index (χ1n) is 10.5. The van der Waals surface area contributed by atoms with Gasteiger partial charge in [-0.2, -0.15) is 18.4 Å². The second kappa shape index (κ2) is 7.72. The molecule has 10 heteroatoms. The summed E-state index contributed by atoms with van der Waals surface area (Å²) in [6.07, 6.45) is -5.81. The van der Waals surface area contributed by atoms with Crippen LogP contribution in [-0.2, 0) is 9.22 Å². The summed E-state index contributed by atoms with van der Waals surface area (Å²) < 4.78 is 50.0. The molecular formula is C22H28ClF3N2O3Si. The number of rotatable bonds is 3. The van der Waals surface area contributed by atoms with E-state index in [-0.39, 0.29) is 39.7 Å². The average Bonchev–Trinajstić information content (AvgIpc) is 3.15. The summed E-state index contributed by atoms with van der Waals surface area (Å²) in [6.45, 7) is 11.3. The predicted molar refractivity (Wildman–Crippen MR) is 117 cm³/mol. The van der Waals surface area contributed by atoms with Gasteiger partial charge in [0, 0.05) is 6.54 Å². The van der Waals surface area contributed by atoms with Crippen molar-refractivity contribution in [2.75, 3.05) is 6.54 Å². The zero-order chi connectivity index (χ0) is 24.4. The van der Waals surface area contributed by atoms with Crippen molar-refractivity contribution in [2.24, 2.45) is 0 Å². The number of carbonyl (C=O) groups excluding carboxylic acids is 1. The van der Waals surface area contributed by atoms with Crippen molar-refractivity contribution in [3.05, 3.63) is 33.8 Å². The molecule has 0 radical (unpaired) electrons. The highest BCUT2D eigenvalue weighted by Crippen LogP contribution is 2.55. The molecule has 0 aromatic heterocycles. The molecule has 1 aromatic rings. The lowest BCUT2D eigenvalue weighted by Crippen LogP contribution is -2.61. The molecule has 2 aliphatic heterocycles. The fraction of sp³-hybridized carbons (Fsp3) is 0.636. The maximum atomic E-state index is 14.6. The largest absolute Gasteiger partial charge is 0.420 e. The highest BCUT2D eigenvalue weighted by molar-refractivity contribution is 6.74. The number of carbonyl (C=O) groups is 1. The first-order valence-corrected chi connectivity index (χ1v) is 13.7. The zero-order valence-corrected chi connectivity index (χ0v) is 20.7. The average molecular weight is 489 g/mol. The van der Waals surface area contributed by atoms with Crippen LogP contribution in [0.15, 0.2) is 12.1 Å². The van der Waals surface area contributed by atoms with Crippen molar-refractivity contribution in [3.63, 3.8) is 0 Å². The molecule has 1 unspecified atom stereocenters. The number of benzene rings is 1. The molecule has 0 bridgehead atoms. The first kappa shape index (κ1) is 25.0. The van der Waals surface area contributed by atoms with E-state index in [0.717, 1.165) is 4.90 Å². The van der Waals surface area contributed by atoms with Crippen molar-refractivity contribution < 1.29 is 27.5 Å². The van der Waals surface area contributed by atoms with E-state index >= 15 is 0 Å². The number of amides is 1. The predicted octanol–water partition coefficient (Wildman–Crippen LogP) is 4.90. The Balaban J connectivity index is 2.15. The normalized spacial score (nSPS) is 28.8.